The standard InChI is InChI=1S/C9H15N/c10-9-5-1-3-8(7-9)4-2-6-9/h1,3,8H,2,4-7,10H2. The fourth-order valence-electron chi connectivity index (χ4n) is 2.29. The van der Waals surface area contributed by atoms with Crippen LogP contribution in [0, 0.1) is 5.92 Å². The van der Waals surface area contributed by atoms with Crippen LogP contribution in [0.15, 0.2) is 12.2 Å². The van der Waals surface area contributed by atoms with E-state index < -0.39 is 0 Å². The van der Waals surface area contributed by atoms with E-state index in [0.717, 1.165) is 12.3 Å². The van der Waals surface area contributed by atoms with Gasteiger partial charge in [0.25, 0.3) is 0 Å². The van der Waals surface area contributed by atoms with Crippen molar-refractivity contribution in [2.24, 2.45) is 11.7 Å². The van der Waals surface area contributed by atoms with Crippen LogP contribution in [0.3, 0.4) is 0 Å². The van der Waals surface area contributed by atoms with E-state index in [1.54, 1.807) is 0 Å². The number of hydrogen-bond acceptors (Lipinski definition) is 1. The number of hydrogen-bond donors (Lipinski definition) is 1. The number of nitrogens with two attached hydrogens (primary N) is 1. The third kappa shape index (κ3) is 0.988. The van der Waals surface area contributed by atoms with Crippen molar-refractivity contribution in [2.75, 3.05) is 0 Å². The first-order valence-electron chi connectivity index (χ1n) is 4.24. The average molecular weight is 137 g/mol. The van der Waals surface area contributed by atoms with Gasteiger partial charge in [-0.05, 0) is 31.6 Å². The Hall–Kier alpha value is -0.300. The van der Waals surface area contributed by atoms with Crippen molar-refractivity contribution >= 4 is 0 Å². The second kappa shape index (κ2) is 2.09. The summed E-state index contributed by atoms with van der Waals surface area (Å²) in [4.78, 5) is 0. The third-order valence-electron chi connectivity index (χ3n) is 2.85. The Labute approximate surface area is 62.3 Å². The normalized spacial score (nSPS) is 45.5. The summed E-state index contributed by atoms with van der Waals surface area (Å²) in [6.45, 7) is 0. The van der Waals surface area contributed by atoms with Crippen LogP contribution in [0.5, 0.6) is 0 Å². The maximum absolute atomic E-state index is 6.15. The third-order valence-corrected chi connectivity index (χ3v) is 2.85. The summed E-state index contributed by atoms with van der Waals surface area (Å²) in [7, 11) is 0. The van der Waals surface area contributed by atoms with Gasteiger partial charge in [0.1, 0.15) is 0 Å². The molecule has 1 fully saturated rings. The molecule has 0 aromatic carbocycles. The maximum atomic E-state index is 6.15. The average Bonchev–Trinajstić information content (AvgIpc) is 1.86. The number of rotatable bonds is 0. The molecule has 0 radical (unpaired) electrons. The predicted octanol–water partition coefficient (Wildman–Crippen LogP) is 1.83. The van der Waals surface area contributed by atoms with E-state index in [1.807, 2.05) is 0 Å². The van der Waals surface area contributed by atoms with Gasteiger partial charge in [-0.3, -0.25) is 0 Å². The highest BCUT2D eigenvalue weighted by Gasteiger charge is 2.32. The van der Waals surface area contributed by atoms with E-state index in [-0.39, 0.29) is 5.54 Å². The van der Waals surface area contributed by atoms with Crippen LogP contribution in [0.2, 0.25) is 0 Å². The Morgan fingerprint density at radius 3 is 3.10 bits per heavy atom. The molecule has 0 aromatic heterocycles. The topological polar surface area (TPSA) is 26.0 Å². The minimum absolute atomic E-state index is 0.192. The molecule has 0 aliphatic heterocycles. The van der Waals surface area contributed by atoms with E-state index in [9.17, 15) is 0 Å². The Morgan fingerprint density at radius 1 is 1.50 bits per heavy atom. The lowest BCUT2D eigenvalue weighted by Crippen LogP contribution is -2.45. The van der Waals surface area contributed by atoms with Crippen molar-refractivity contribution in [3.63, 3.8) is 0 Å². The van der Waals surface area contributed by atoms with Crippen molar-refractivity contribution in [1.82, 2.24) is 0 Å². The summed E-state index contributed by atoms with van der Waals surface area (Å²) in [5.41, 5.74) is 6.34. The Balaban J connectivity index is 2.18. The van der Waals surface area contributed by atoms with Crippen molar-refractivity contribution in [3.05, 3.63) is 12.2 Å². The molecular formula is C9H15N. The zero-order valence-corrected chi connectivity index (χ0v) is 6.34. The molecule has 10 heavy (non-hydrogen) atoms. The summed E-state index contributed by atoms with van der Waals surface area (Å²) in [5.74, 6) is 0.812. The quantitative estimate of drug-likeness (QED) is 0.506. The first-order chi connectivity index (χ1) is 4.79. The molecule has 1 heteroatoms. The molecule has 0 spiro atoms. The van der Waals surface area contributed by atoms with Crippen LogP contribution in [-0.4, -0.2) is 5.54 Å². The zero-order chi connectivity index (χ0) is 7.03. The lowest BCUT2D eigenvalue weighted by atomic mass is 9.71. The van der Waals surface area contributed by atoms with Crippen LogP contribution in [-0.2, 0) is 0 Å². The minimum atomic E-state index is 0.192. The van der Waals surface area contributed by atoms with Crippen LogP contribution in [0.25, 0.3) is 0 Å². The molecule has 2 rings (SSSR count). The maximum Gasteiger partial charge on any atom is 0.0194 e. The van der Waals surface area contributed by atoms with Crippen molar-refractivity contribution in [2.45, 2.75) is 37.6 Å². The van der Waals surface area contributed by atoms with Gasteiger partial charge >= 0.3 is 0 Å². The smallest absolute Gasteiger partial charge is 0.0194 e. The van der Waals surface area contributed by atoms with Gasteiger partial charge in [-0.25, -0.2) is 0 Å². The zero-order valence-electron chi connectivity index (χ0n) is 6.34. The van der Waals surface area contributed by atoms with Crippen molar-refractivity contribution in [3.8, 4) is 0 Å². The fourth-order valence-corrected chi connectivity index (χ4v) is 2.29. The summed E-state index contributed by atoms with van der Waals surface area (Å²) in [6, 6.07) is 0. The molecule has 2 atom stereocenters. The van der Waals surface area contributed by atoms with Gasteiger partial charge < -0.3 is 5.73 Å². The lowest BCUT2D eigenvalue weighted by Gasteiger charge is -2.39. The summed E-state index contributed by atoms with van der Waals surface area (Å²) < 4.78 is 0. The molecule has 0 amide bonds. The molecule has 2 aliphatic carbocycles. The summed E-state index contributed by atoms with van der Waals surface area (Å²) >= 11 is 0. The lowest BCUT2D eigenvalue weighted by molar-refractivity contribution is 0.242. The van der Waals surface area contributed by atoms with Gasteiger partial charge in [-0.15, -0.1) is 0 Å². The molecule has 0 aromatic rings. The first-order valence-corrected chi connectivity index (χ1v) is 4.24. The number of allylic oxidation sites excluding steroid dienone is 1. The van der Waals surface area contributed by atoms with E-state index in [0.29, 0.717) is 0 Å². The molecule has 2 bridgehead atoms. The fraction of sp³-hybridized carbons (Fsp3) is 0.778. The van der Waals surface area contributed by atoms with Crippen LogP contribution in [0.4, 0.5) is 0 Å². The molecule has 0 heterocycles. The minimum Gasteiger partial charge on any atom is -0.325 e. The van der Waals surface area contributed by atoms with Gasteiger partial charge in [-0.2, -0.15) is 0 Å². The van der Waals surface area contributed by atoms with E-state index >= 15 is 0 Å². The second-order valence-electron chi connectivity index (χ2n) is 3.85. The monoisotopic (exact) mass is 137 g/mol. The highest BCUT2D eigenvalue weighted by Crippen LogP contribution is 2.37. The Kier molecular flexibility index (Phi) is 1.34. The van der Waals surface area contributed by atoms with Crippen LogP contribution >= 0.6 is 0 Å². The highest BCUT2D eigenvalue weighted by atomic mass is 14.7. The molecule has 2 unspecified atom stereocenters. The van der Waals surface area contributed by atoms with Gasteiger partial charge in [0.15, 0.2) is 0 Å². The van der Waals surface area contributed by atoms with Gasteiger partial charge in [0.2, 0.25) is 0 Å². The Bertz CT molecular complexity index is 162. The summed E-state index contributed by atoms with van der Waals surface area (Å²) in [6.07, 6.45) is 10.9. The van der Waals surface area contributed by atoms with Crippen LogP contribution in [0.1, 0.15) is 32.1 Å². The molecule has 56 valence electrons. The predicted molar refractivity (Wildman–Crippen MR) is 42.6 cm³/mol. The van der Waals surface area contributed by atoms with E-state index in [2.05, 4.69) is 12.2 Å². The molecule has 1 nitrogen and oxygen atoms in total. The van der Waals surface area contributed by atoms with Crippen molar-refractivity contribution < 1.29 is 0 Å². The summed E-state index contributed by atoms with van der Waals surface area (Å²) in [5, 5.41) is 0. The van der Waals surface area contributed by atoms with Crippen molar-refractivity contribution in [1.29, 1.82) is 0 Å². The molecule has 1 saturated carbocycles. The molecular weight excluding hydrogens is 122 g/mol. The SMILES string of the molecule is NC12CC=CC(CCC1)C2. The highest BCUT2D eigenvalue weighted by molar-refractivity contribution is 5.07. The molecule has 2 aliphatic rings. The van der Waals surface area contributed by atoms with Crippen LogP contribution < -0.4 is 5.73 Å². The second-order valence-corrected chi connectivity index (χ2v) is 3.85. The molecule has 0 saturated heterocycles. The van der Waals surface area contributed by atoms with E-state index in [4.69, 9.17) is 5.73 Å². The molecule has 2 N–H and O–H groups in total. The van der Waals surface area contributed by atoms with Gasteiger partial charge in [-0.1, -0.05) is 18.6 Å². The largest absolute Gasteiger partial charge is 0.325 e. The van der Waals surface area contributed by atoms with Gasteiger partial charge in [0.05, 0.1) is 0 Å². The van der Waals surface area contributed by atoms with E-state index in [1.165, 1.54) is 25.7 Å². The first kappa shape index (κ1) is 6.41. The number of fused-ring (bicyclic) bond motifs is 2. The Morgan fingerprint density at radius 2 is 2.40 bits per heavy atom. The van der Waals surface area contributed by atoms with Gasteiger partial charge in [0, 0.05) is 5.54 Å².